The van der Waals surface area contributed by atoms with Crippen LogP contribution in [-0.2, 0) is 0 Å². The normalized spacial score (nSPS) is 11.9. The van der Waals surface area contributed by atoms with Crippen molar-refractivity contribution < 1.29 is 4.39 Å². The Kier molecular flexibility index (Phi) is 4.15. The van der Waals surface area contributed by atoms with E-state index in [1.807, 2.05) is 6.92 Å². The molecule has 0 aliphatic carbocycles. The van der Waals surface area contributed by atoms with Gasteiger partial charge in [-0.1, -0.05) is 12.1 Å². The van der Waals surface area contributed by atoms with Crippen molar-refractivity contribution in [3.8, 4) is 0 Å². The van der Waals surface area contributed by atoms with Crippen molar-refractivity contribution >= 4 is 13.5 Å². The number of hydrogen-bond donors (Lipinski definition) is 1. The molecule has 11 heavy (non-hydrogen) atoms. The molecule has 0 unspecified atom stereocenters. The Morgan fingerprint density at radius 3 is 2.09 bits per heavy atom. The third-order valence-electron chi connectivity index (χ3n) is 1.40. The third-order valence-corrected chi connectivity index (χ3v) is 1.40. The molecule has 2 N–H and O–H groups in total. The fourth-order valence-electron chi connectivity index (χ4n) is 0.766. The van der Waals surface area contributed by atoms with Crippen LogP contribution in [-0.4, -0.2) is 0 Å². The molecular weight excluding hydrogens is 161 g/mol. The van der Waals surface area contributed by atoms with Gasteiger partial charge in [0, 0.05) is 6.04 Å². The van der Waals surface area contributed by atoms with Crippen LogP contribution < -0.4 is 5.73 Å². The van der Waals surface area contributed by atoms with Gasteiger partial charge in [0.05, 0.1) is 0 Å². The highest BCUT2D eigenvalue weighted by molar-refractivity contribution is 7.59. The Morgan fingerprint density at radius 1 is 1.27 bits per heavy atom. The van der Waals surface area contributed by atoms with Gasteiger partial charge in [0.15, 0.2) is 0 Å². The van der Waals surface area contributed by atoms with Gasteiger partial charge in [0.2, 0.25) is 0 Å². The molecule has 0 saturated carbocycles. The Bertz CT molecular complexity index is 208. The quantitative estimate of drug-likeness (QED) is 0.690. The molecule has 0 spiro atoms. The Labute approximate surface area is 72.9 Å². The van der Waals surface area contributed by atoms with E-state index in [1.54, 1.807) is 12.1 Å². The van der Waals surface area contributed by atoms with E-state index in [4.69, 9.17) is 5.73 Å². The molecule has 1 nitrogen and oxygen atoms in total. The van der Waals surface area contributed by atoms with Gasteiger partial charge in [-0.25, -0.2) is 4.39 Å². The number of rotatable bonds is 1. The smallest absolute Gasteiger partial charge is 0.123 e. The van der Waals surface area contributed by atoms with Gasteiger partial charge in [-0.3, -0.25) is 0 Å². The maximum absolute atomic E-state index is 12.3. The average molecular weight is 173 g/mol. The summed E-state index contributed by atoms with van der Waals surface area (Å²) in [6.45, 7) is 1.87. The lowest BCUT2D eigenvalue weighted by molar-refractivity contribution is 0.626. The van der Waals surface area contributed by atoms with E-state index in [0.29, 0.717) is 0 Å². The van der Waals surface area contributed by atoms with Gasteiger partial charge in [0.1, 0.15) is 5.82 Å². The molecule has 0 radical (unpaired) electrons. The summed E-state index contributed by atoms with van der Waals surface area (Å²) in [5, 5.41) is 0. The van der Waals surface area contributed by atoms with Gasteiger partial charge in [-0.15, -0.1) is 0 Å². The molecule has 0 aliphatic rings. The monoisotopic (exact) mass is 173 g/mol. The number of hydrogen-bond acceptors (Lipinski definition) is 1. The molecule has 0 saturated heterocycles. The van der Waals surface area contributed by atoms with Gasteiger partial charge in [0.25, 0.3) is 0 Å². The Hall–Kier alpha value is -0.540. The van der Waals surface area contributed by atoms with Gasteiger partial charge in [-0.05, 0) is 24.6 Å². The van der Waals surface area contributed by atoms with Crippen LogP contribution in [0.5, 0.6) is 0 Å². The fourth-order valence-corrected chi connectivity index (χ4v) is 0.766. The predicted molar refractivity (Wildman–Crippen MR) is 49.4 cm³/mol. The molecule has 0 amide bonds. The summed E-state index contributed by atoms with van der Waals surface area (Å²) in [6, 6.07) is 6.21. The van der Waals surface area contributed by atoms with E-state index in [0.717, 1.165) is 5.56 Å². The maximum Gasteiger partial charge on any atom is 0.123 e. The van der Waals surface area contributed by atoms with E-state index < -0.39 is 0 Å². The second-order valence-corrected chi connectivity index (χ2v) is 2.34. The average Bonchev–Trinajstić information content (AvgIpc) is 1.88. The molecule has 0 aromatic heterocycles. The maximum atomic E-state index is 12.3. The largest absolute Gasteiger partial charge is 0.324 e. The predicted octanol–water partition coefficient (Wildman–Crippen LogP) is 1.96. The first kappa shape index (κ1) is 10.5. The van der Waals surface area contributed by atoms with E-state index in [-0.39, 0.29) is 25.4 Å². The van der Waals surface area contributed by atoms with Crippen molar-refractivity contribution in [3.05, 3.63) is 35.6 Å². The standard InChI is InChI=1S/C8H10FN.H2S/c1-6(10)7-2-4-8(9)5-3-7;/h2-6H,10H2,1H3;1H2/t6-;/m0./s1. The van der Waals surface area contributed by atoms with Crippen LogP contribution in [0.2, 0.25) is 0 Å². The van der Waals surface area contributed by atoms with Crippen LogP contribution in [0.3, 0.4) is 0 Å². The first-order chi connectivity index (χ1) is 4.70. The summed E-state index contributed by atoms with van der Waals surface area (Å²) < 4.78 is 12.3. The highest BCUT2D eigenvalue weighted by Gasteiger charge is 1.96. The van der Waals surface area contributed by atoms with Crippen molar-refractivity contribution in [2.45, 2.75) is 13.0 Å². The summed E-state index contributed by atoms with van der Waals surface area (Å²) in [5.74, 6) is -0.218. The Balaban J connectivity index is 0.000001000. The SMILES string of the molecule is C[C@H](N)c1ccc(F)cc1.S. The van der Waals surface area contributed by atoms with Gasteiger partial charge < -0.3 is 5.73 Å². The topological polar surface area (TPSA) is 26.0 Å². The van der Waals surface area contributed by atoms with Gasteiger partial charge in [-0.2, -0.15) is 13.5 Å². The Morgan fingerprint density at radius 2 is 1.73 bits per heavy atom. The van der Waals surface area contributed by atoms with Crippen LogP contribution in [0.25, 0.3) is 0 Å². The van der Waals surface area contributed by atoms with Crippen molar-refractivity contribution in [1.29, 1.82) is 0 Å². The first-order valence-corrected chi connectivity index (χ1v) is 3.21. The van der Waals surface area contributed by atoms with Gasteiger partial charge >= 0.3 is 0 Å². The third kappa shape index (κ3) is 2.91. The first-order valence-electron chi connectivity index (χ1n) is 3.21. The molecule has 1 atom stereocenters. The second-order valence-electron chi connectivity index (χ2n) is 2.34. The zero-order chi connectivity index (χ0) is 7.56. The summed E-state index contributed by atoms with van der Waals surface area (Å²) in [4.78, 5) is 0. The highest BCUT2D eigenvalue weighted by atomic mass is 32.1. The van der Waals surface area contributed by atoms with Crippen LogP contribution in [0.4, 0.5) is 4.39 Å². The minimum absolute atomic E-state index is 0. The van der Waals surface area contributed by atoms with Crippen LogP contribution >= 0.6 is 13.5 Å². The summed E-state index contributed by atoms with van der Waals surface area (Å²) in [6.07, 6.45) is 0. The molecule has 0 fully saturated rings. The van der Waals surface area contributed by atoms with Crippen LogP contribution in [0, 0.1) is 5.82 Å². The lowest BCUT2D eigenvalue weighted by atomic mass is 10.1. The summed E-state index contributed by atoms with van der Waals surface area (Å²) in [5.41, 5.74) is 6.50. The number of halogens is 1. The molecule has 1 aromatic rings. The molecule has 0 heterocycles. The lowest BCUT2D eigenvalue weighted by Crippen LogP contribution is -2.04. The van der Waals surface area contributed by atoms with Crippen molar-refractivity contribution in [3.63, 3.8) is 0 Å². The molecular formula is C8H12FNS. The summed E-state index contributed by atoms with van der Waals surface area (Å²) >= 11 is 0. The van der Waals surface area contributed by atoms with Crippen LogP contribution in [0.15, 0.2) is 24.3 Å². The van der Waals surface area contributed by atoms with Crippen molar-refractivity contribution in [2.75, 3.05) is 0 Å². The van der Waals surface area contributed by atoms with Crippen molar-refractivity contribution in [1.82, 2.24) is 0 Å². The number of benzene rings is 1. The van der Waals surface area contributed by atoms with E-state index in [9.17, 15) is 4.39 Å². The minimum Gasteiger partial charge on any atom is -0.324 e. The van der Waals surface area contributed by atoms with Crippen LogP contribution in [0.1, 0.15) is 18.5 Å². The minimum atomic E-state index is -0.218. The van der Waals surface area contributed by atoms with E-state index in [1.165, 1.54) is 12.1 Å². The lowest BCUT2D eigenvalue weighted by Gasteiger charge is -2.02. The number of nitrogens with two attached hydrogens (primary N) is 1. The zero-order valence-electron chi connectivity index (χ0n) is 6.34. The fraction of sp³-hybridized carbons (Fsp3) is 0.250. The molecule has 1 rings (SSSR count). The van der Waals surface area contributed by atoms with Crippen molar-refractivity contribution in [2.24, 2.45) is 5.73 Å². The highest BCUT2D eigenvalue weighted by Crippen LogP contribution is 2.09. The van der Waals surface area contributed by atoms with E-state index in [2.05, 4.69) is 0 Å². The molecule has 3 heteroatoms. The van der Waals surface area contributed by atoms with E-state index >= 15 is 0 Å². The second kappa shape index (κ2) is 4.36. The molecule has 0 bridgehead atoms. The zero-order valence-corrected chi connectivity index (χ0v) is 7.34. The summed E-state index contributed by atoms with van der Waals surface area (Å²) in [7, 11) is 0. The molecule has 0 aliphatic heterocycles. The molecule has 1 aromatic carbocycles. The molecule has 62 valence electrons.